The van der Waals surface area contributed by atoms with Crippen LogP contribution < -0.4 is 5.32 Å². The summed E-state index contributed by atoms with van der Waals surface area (Å²) in [6.45, 7) is 8.80. The summed E-state index contributed by atoms with van der Waals surface area (Å²) in [5.74, 6) is 0.129. The Hall–Kier alpha value is -0.580. The molecule has 0 aromatic carbocycles. The molecule has 3 fully saturated rings. The summed E-state index contributed by atoms with van der Waals surface area (Å²) in [4.78, 5) is 0. The summed E-state index contributed by atoms with van der Waals surface area (Å²) < 4.78 is 18.5. The van der Waals surface area contributed by atoms with Gasteiger partial charge in [-0.1, -0.05) is 19.9 Å². The van der Waals surface area contributed by atoms with Gasteiger partial charge in [-0.3, -0.25) is 0 Å². The van der Waals surface area contributed by atoms with Crippen LogP contribution >= 0.6 is 0 Å². The largest absolute Gasteiger partial charge is 0.386 e. The number of nitrogens with one attached hydrogen (secondary N) is 1. The predicted octanol–water partition coefficient (Wildman–Crippen LogP) is 2.59. The molecule has 0 radical (unpaired) electrons. The lowest BCUT2D eigenvalue weighted by molar-refractivity contribution is -0.198. The topological polar surface area (TPSA) is 39.7 Å². The Balaban J connectivity index is 1.68. The van der Waals surface area contributed by atoms with Crippen LogP contribution in [0.15, 0.2) is 12.8 Å². The molecule has 1 N–H and O–H groups in total. The number of hydrogen-bond acceptors (Lipinski definition) is 4. The van der Waals surface area contributed by atoms with Gasteiger partial charge >= 0.3 is 0 Å². The molecule has 0 amide bonds. The molecule has 5 unspecified atom stereocenters. The minimum Gasteiger partial charge on any atom is -0.386 e. The van der Waals surface area contributed by atoms with Crippen molar-refractivity contribution >= 4 is 0 Å². The van der Waals surface area contributed by atoms with Gasteiger partial charge in [-0.25, -0.2) is 0 Å². The van der Waals surface area contributed by atoms with Gasteiger partial charge in [0.15, 0.2) is 5.79 Å². The van der Waals surface area contributed by atoms with Gasteiger partial charge < -0.3 is 19.5 Å². The quantitative estimate of drug-likeness (QED) is 0.863. The Labute approximate surface area is 121 Å². The summed E-state index contributed by atoms with van der Waals surface area (Å²) in [6.07, 6.45) is 7.87. The van der Waals surface area contributed by atoms with Gasteiger partial charge in [0.1, 0.15) is 12.2 Å². The van der Waals surface area contributed by atoms with Gasteiger partial charge in [0, 0.05) is 18.8 Å². The first kappa shape index (κ1) is 14.4. The van der Waals surface area contributed by atoms with E-state index in [4.69, 9.17) is 14.2 Å². The number of ether oxygens (including phenoxy) is 3. The lowest BCUT2D eigenvalue weighted by Gasteiger charge is -2.33. The molecule has 0 bridgehead atoms. The van der Waals surface area contributed by atoms with Gasteiger partial charge in [-0.05, 0) is 26.0 Å². The maximum Gasteiger partial charge on any atom is 0.169 e. The summed E-state index contributed by atoms with van der Waals surface area (Å²) >= 11 is 0. The van der Waals surface area contributed by atoms with Crippen molar-refractivity contribution in [3.63, 3.8) is 0 Å². The average Bonchev–Trinajstić information content (AvgIpc) is 2.97. The molecule has 0 aromatic heterocycles. The van der Waals surface area contributed by atoms with Crippen LogP contribution in [0, 0.1) is 5.92 Å². The zero-order chi connectivity index (χ0) is 14.2. The van der Waals surface area contributed by atoms with E-state index < -0.39 is 0 Å². The van der Waals surface area contributed by atoms with E-state index in [0.717, 1.165) is 12.8 Å². The SMILES string of the molecule is C=CNC1C(C)C(C)OC1C1COC2(CCCCC2)O1. The highest BCUT2D eigenvalue weighted by Gasteiger charge is 2.51. The molecule has 3 rings (SSSR count). The first-order chi connectivity index (χ1) is 9.65. The van der Waals surface area contributed by atoms with Crippen molar-refractivity contribution in [1.82, 2.24) is 5.32 Å². The van der Waals surface area contributed by atoms with Gasteiger partial charge in [0.25, 0.3) is 0 Å². The molecule has 2 saturated heterocycles. The summed E-state index contributed by atoms with van der Waals surface area (Å²) in [7, 11) is 0. The molecular formula is C16H27NO3. The van der Waals surface area contributed by atoms with Crippen molar-refractivity contribution in [2.75, 3.05) is 6.61 Å². The van der Waals surface area contributed by atoms with E-state index >= 15 is 0 Å². The van der Waals surface area contributed by atoms with Crippen molar-refractivity contribution < 1.29 is 14.2 Å². The molecule has 2 heterocycles. The number of rotatable bonds is 3. The first-order valence-corrected chi connectivity index (χ1v) is 7.99. The van der Waals surface area contributed by atoms with Crippen LogP contribution in [0.5, 0.6) is 0 Å². The maximum absolute atomic E-state index is 6.33. The zero-order valence-corrected chi connectivity index (χ0v) is 12.6. The Bertz CT molecular complexity index is 354. The van der Waals surface area contributed by atoms with Crippen molar-refractivity contribution in [3.8, 4) is 0 Å². The van der Waals surface area contributed by atoms with Crippen LogP contribution in [-0.2, 0) is 14.2 Å². The summed E-state index contributed by atoms with van der Waals surface area (Å²) in [5.41, 5.74) is 0. The molecule has 3 aliphatic rings. The second kappa shape index (κ2) is 5.66. The Morgan fingerprint density at radius 3 is 2.65 bits per heavy atom. The Morgan fingerprint density at radius 2 is 1.95 bits per heavy atom. The van der Waals surface area contributed by atoms with Gasteiger partial charge in [-0.15, -0.1) is 0 Å². The third-order valence-electron chi connectivity index (χ3n) is 5.20. The summed E-state index contributed by atoms with van der Waals surface area (Å²) in [5, 5.41) is 3.35. The Kier molecular flexibility index (Phi) is 4.07. The molecule has 4 heteroatoms. The predicted molar refractivity (Wildman–Crippen MR) is 77.3 cm³/mol. The van der Waals surface area contributed by atoms with Gasteiger partial charge in [0.2, 0.25) is 0 Å². The van der Waals surface area contributed by atoms with Crippen LogP contribution in [0.2, 0.25) is 0 Å². The lowest BCUT2D eigenvalue weighted by atomic mass is 9.93. The molecule has 1 spiro atoms. The minimum atomic E-state index is -0.319. The van der Waals surface area contributed by atoms with E-state index in [1.807, 2.05) is 0 Å². The van der Waals surface area contributed by atoms with Crippen LogP contribution in [0.3, 0.4) is 0 Å². The third-order valence-corrected chi connectivity index (χ3v) is 5.20. The van der Waals surface area contributed by atoms with E-state index in [0.29, 0.717) is 12.5 Å². The highest BCUT2D eigenvalue weighted by atomic mass is 16.8. The second-order valence-corrected chi connectivity index (χ2v) is 6.50. The highest BCUT2D eigenvalue weighted by Crippen LogP contribution is 2.41. The molecule has 1 saturated carbocycles. The molecule has 5 atom stereocenters. The molecule has 20 heavy (non-hydrogen) atoms. The molecule has 0 aromatic rings. The molecule has 4 nitrogen and oxygen atoms in total. The fourth-order valence-electron chi connectivity index (χ4n) is 3.84. The van der Waals surface area contributed by atoms with Crippen molar-refractivity contribution in [2.45, 2.75) is 76.1 Å². The van der Waals surface area contributed by atoms with E-state index in [9.17, 15) is 0 Å². The van der Waals surface area contributed by atoms with Crippen LogP contribution in [0.4, 0.5) is 0 Å². The van der Waals surface area contributed by atoms with Crippen LogP contribution in [0.1, 0.15) is 46.0 Å². The van der Waals surface area contributed by atoms with Crippen molar-refractivity contribution in [3.05, 3.63) is 12.8 Å². The fourth-order valence-corrected chi connectivity index (χ4v) is 3.84. The first-order valence-electron chi connectivity index (χ1n) is 7.99. The van der Waals surface area contributed by atoms with E-state index in [1.54, 1.807) is 6.20 Å². The van der Waals surface area contributed by atoms with Crippen LogP contribution in [-0.4, -0.2) is 36.7 Å². The zero-order valence-electron chi connectivity index (χ0n) is 12.6. The molecule has 1 aliphatic carbocycles. The highest BCUT2D eigenvalue weighted by molar-refractivity contribution is 4.99. The maximum atomic E-state index is 6.33. The van der Waals surface area contributed by atoms with Crippen LogP contribution in [0.25, 0.3) is 0 Å². The van der Waals surface area contributed by atoms with Gasteiger partial charge in [0.05, 0.1) is 18.8 Å². The monoisotopic (exact) mass is 281 g/mol. The molecular weight excluding hydrogens is 254 g/mol. The number of hydrogen-bond donors (Lipinski definition) is 1. The normalized spacial score (nSPS) is 43.8. The van der Waals surface area contributed by atoms with E-state index in [2.05, 4.69) is 25.7 Å². The van der Waals surface area contributed by atoms with Crippen molar-refractivity contribution in [1.29, 1.82) is 0 Å². The minimum absolute atomic E-state index is 0.0398. The second-order valence-electron chi connectivity index (χ2n) is 6.50. The lowest BCUT2D eigenvalue weighted by Crippen LogP contribution is -2.45. The molecule has 114 valence electrons. The Morgan fingerprint density at radius 1 is 1.20 bits per heavy atom. The molecule has 2 aliphatic heterocycles. The summed E-state index contributed by atoms with van der Waals surface area (Å²) in [6, 6.07) is 0.259. The van der Waals surface area contributed by atoms with E-state index in [-0.39, 0.29) is 30.1 Å². The third kappa shape index (κ3) is 2.49. The fraction of sp³-hybridized carbons (Fsp3) is 0.875. The average molecular weight is 281 g/mol. The van der Waals surface area contributed by atoms with E-state index in [1.165, 1.54) is 19.3 Å². The van der Waals surface area contributed by atoms with Gasteiger partial charge in [-0.2, -0.15) is 0 Å². The van der Waals surface area contributed by atoms with Crippen molar-refractivity contribution in [2.24, 2.45) is 5.92 Å². The standard InChI is InChI=1S/C16H27NO3/c1-4-17-14-11(2)12(3)19-15(14)13-10-18-16(20-13)8-6-5-7-9-16/h4,11-15,17H,1,5-10H2,2-3H3. The smallest absolute Gasteiger partial charge is 0.169 e.